The number of carbonyl (C=O) groups is 1. The molecule has 0 aromatic carbocycles. The van der Waals surface area contributed by atoms with Gasteiger partial charge in [0.15, 0.2) is 0 Å². The number of nitrogens with zero attached hydrogens (tertiary/aromatic N) is 1. The molecule has 0 rings (SSSR count). The lowest BCUT2D eigenvalue weighted by molar-refractivity contribution is -0.141. The summed E-state index contributed by atoms with van der Waals surface area (Å²) in [5.74, 6) is -0.259. The summed E-state index contributed by atoms with van der Waals surface area (Å²) < 4.78 is 4.51. The topological polar surface area (TPSA) is 49.8 Å². The predicted molar refractivity (Wildman–Crippen MR) is 59.7 cm³/mol. The summed E-state index contributed by atoms with van der Waals surface area (Å²) >= 11 is 0. The highest BCUT2D eigenvalue weighted by molar-refractivity contribution is 5.69. The van der Waals surface area contributed by atoms with Crippen LogP contribution in [0.3, 0.4) is 0 Å². The molecule has 1 N–H and O–H groups in total. The summed E-state index contributed by atoms with van der Waals surface area (Å²) in [6.07, 6.45) is 2.62. The molecule has 0 bridgehead atoms. The van der Waals surface area contributed by atoms with Crippen LogP contribution >= 0.6 is 0 Å². The van der Waals surface area contributed by atoms with E-state index in [1.807, 2.05) is 7.05 Å². The molecule has 0 aliphatic heterocycles. The monoisotopic (exact) mass is 217 g/mol. The van der Waals surface area contributed by atoms with Crippen LogP contribution in [0.1, 0.15) is 32.6 Å². The molecule has 1 atom stereocenters. The minimum atomic E-state index is -0.439. The minimum Gasteiger partial charge on any atom is -0.469 e. The average Bonchev–Trinajstić information content (AvgIpc) is 2.22. The Balaban J connectivity index is 3.54. The van der Waals surface area contributed by atoms with E-state index in [9.17, 15) is 9.90 Å². The molecule has 15 heavy (non-hydrogen) atoms. The fraction of sp³-hybridized carbons (Fsp3) is 0.909. The van der Waals surface area contributed by atoms with E-state index in [2.05, 4.69) is 16.6 Å². The number of carbonyl (C=O) groups excluding carboxylic acids is 1. The number of aliphatic hydroxyl groups is 1. The molecule has 0 heterocycles. The molecule has 0 aromatic heterocycles. The van der Waals surface area contributed by atoms with E-state index < -0.39 is 6.10 Å². The van der Waals surface area contributed by atoms with Gasteiger partial charge in [-0.2, -0.15) is 0 Å². The van der Waals surface area contributed by atoms with E-state index in [4.69, 9.17) is 0 Å². The van der Waals surface area contributed by atoms with E-state index in [-0.39, 0.29) is 5.97 Å². The lowest BCUT2D eigenvalue weighted by Crippen LogP contribution is -2.30. The Kier molecular flexibility index (Phi) is 8.33. The van der Waals surface area contributed by atoms with E-state index in [0.29, 0.717) is 19.4 Å². The number of hydrogen-bond acceptors (Lipinski definition) is 4. The number of hydrogen-bond donors (Lipinski definition) is 1. The van der Waals surface area contributed by atoms with Gasteiger partial charge in [0.25, 0.3) is 0 Å². The van der Waals surface area contributed by atoms with Crippen LogP contribution in [0.15, 0.2) is 0 Å². The predicted octanol–water partition coefficient (Wildman–Crippen LogP) is 1.03. The molecule has 1 unspecified atom stereocenters. The van der Waals surface area contributed by atoms with Crippen molar-refractivity contribution in [2.24, 2.45) is 0 Å². The van der Waals surface area contributed by atoms with Crippen molar-refractivity contribution in [2.75, 3.05) is 27.2 Å². The van der Waals surface area contributed by atoms with Crippen LogP contribution in [0.2, 0.25) is 0 Å². The standard InChI is InChI=1S/C11H23NO3/c1-4-5-8-12(2)9-10(13)6-7-11(14)15-3/h10,13H,4-9H2,1-3H3. The Morgan fingerprint density at radius 1 is 1.53 bits per heavy atom. The van der Waals surface area contributed by atoms with Gasteiger partial charge in [-0.15, -0.1) is 0 Å². The van der Waals surface area contributed by atoms with Gasteiger partial charge in [-0.3, -0.25) is 4.79 Å². The highest BCUT2D eigenvalue weighted by Gasteiger charge is 2.10. The Morgan fingerprint density at radius 3 is 2.73 bits per heavy atom. The van der Waals surface area contributed by atoms with Crippen molar-refractivity contribution in [3.63, 3.8) is 0 Å². The Labute approximate surface area is 92.2 Å². The van der Waals surface area contributed by atoms with Gasteiger partial charge < -0.3 is 14.7 Å². The summed E-state index contributed by atoms with van der Waals surface area (Å²) in [6.45, 7) is 3.75. The van der Waals surface area contributed by atoms with Crippen molar-refractivity contribution in [1.29, 1.82) is 0 Å². The highest BCUT2D eigenvalue weighted by atomic mass is 16.5. The molecule has 0 saturated heterocycles. The largest absolute Gasteiger partial charge is 0.469 e. The summed E-state index contributed by atoms with van der Waals surface area (Å²) in [6, 6.07) is 0. The van der Waals surface area contributed by atoms with Crippen LogP contribution in [-0.2, 0) is 9.53 Å². The Morgan fingerprint density at radius 2 is 2.20 bits per heavy atom. The zero-order valence-corrected chi connectivity index (χ0v) is 10.0. The van der Waals surface area contributed by atoms with E-state index in [1.54, 1.807) is 0 Å². The summed E-state index contributed by atoms with van der Waals surface area (Å²) in [7, 11) is 3.35. The second-order valence-corrected chi connectivity index (χ2v) is 3.88. The van der Waals surface area contributed by atoms with Crippen molar-refractivity contribution in [1.82, 2.24) is 4.90 Å². The zero-order chi connectivity index (χ0) is 11.7. The van der Waals surface area contributed by atoms with Crippen LogP contribution in [-0.4, -0.2) is 49.3 Å². The van der Waals surface area contributed by atoms with Crippen molar-refractivity contribution in [3.05, 3.63) is 0 Å². The van der Waals surface area contributed by atoms with E-state index in [1.165, 1.54) is 7.11 Å². The first-order chi connectivity index (χ1) is 7.10. The van der Waals surface area contributed by atoms with Gasteiger partial charge in [0.05, 0.1) is 13.2 Å². The molecule has 0 aliphatic carbocycles. The molecule has 90 valence electrons. The first-order valence-electron chi connectivity index (χ1n) is 5.53. The van der Waals surface area contributed by atoms with E-state index >= 15 is 0 Å². The van der Waals surface area contributed by atoms with Gasteiger partial charge >= 0.3 is 5.97 Å². The molecule has 0 aromatic rings. The van der Waals surface area contributed by atoms with Crippen molar-refractivity contribution in [3.8, 4) is 0 Å². The summed E-state index contributed by atoms with van der Waals surface area (Å²) in [5, 5.41) is 9.61. The first-order valence-corrected chi connectivity index (χ1v) is 5.53. The fourth-order valence-electron chi connectivity index (χ4n) is 1.36. The van der Waals surface area contributed by atoms with Crippen molar-refractivity contribution >= 4 is 5.97 Å². The van der Waals surface area contributed by atoms with Gasteiger partial charge in [0.2, 0.25) is 0 Å². The van der Waals surface area contributed by atoms with E-state index in [0.717, 1.165) is 19.4 Å². The fourth-order valence-corrected chi connectivity index (χ4v) is 1.36. The number of unbranched alkanes of at least 4 members (excludes halogenated alkanes) is 1. The first kappa shape index (κ1) is 14.4. The molecule has 0 spiro atoms. The lowest BCUT2D eigenvalue weighted by atomic mass is 10.2. The zero-order valence-electron chi connectivity index (χ0n) is 10.0. The molecule has 0 aliphatic rings. The van der Waals surface area contributed by atoms with Gasteiger partial charge in [-0.1, -0.05) is 13.3 Å². The van der Waals surface area contributed by atoms with Crippen LogP contribution < -0.4 is 0 Å². The van der Waals surface area contributed by atoms with Crippen LogP contribution in [0.4, 0.5) is 0 Å². The molecule has 4 heteroatoms. The van der Waals surface area contributed by atoms with Gasteiger partial charge in [0, 0.05) is 13.0 Å². The molecule has 0 saturated carbocycles. The highest BCUT2D eigenvalue weighted by Crippen LogP contribution is 2.01. The number of rotatable bonds is 8. The van der Waals surface area contributed by atoms with Gasteiger partial charge in [-0.25, -0.2) is 0 Å². The maximum atomic E-state index is 10.8. The van der Waals surface area contributed by atoms with Crippen molar-refractivity contribution < 1.29 is 14.6 Å². The number of methoxy groups -OCH3 is 1. The molecule has 0 fully saturated rings. The molecule has 0 radical (unpaired) electrons. The normalized spacial score (nSPS) is 12.9. The summed E-state index contributed by atoms with van der Waals surface area (Å²) in [5.41, 5.74) is 0. The van der Waals surface area contributed by atoms with Crippen molar-refractivity contribution in [2.45, 2.75) is 38.7 Å². The summed E-state index contributed by atoms with van der Waals surface area (Å²) in [4.78, 5) is 12.9. The quantitative estimate of drug-likeness (QED) is 0.617. The van der Waals surface area contributed by atoms with Crippen LogP contribution in [0.25, 0.3) is 0 Å². The van der Waals surface area contributed by atoms with Gasteiger partial charge in [0.1, 0.15) is 0 Å². The Hall–Kier alpha value is -0.610. The Bertz CT molecular complexity index is 173. The number of aliphatic hydroxyl groups excluding tert-OH is 1. The second kappa shape index (κ2) is 8.68. The van der Waals surface area contributed by atoms with Crippen LogP contribution in [0, 0.1) is 0 Å². The number of esters is 1. The van der Waals surface area contributed by atoms with Crippen LogP contribution in [0.5, 0.6) is 0 Å². The maximum Gasteiger partial charge on any atom is 0.305 e. The van der Waals surface area contributed by atoms with Gasteiger partial charge in [-0.05, 0) is 26.4 Å². The number of likely N-dealkylation sites (N-methyl/N-ethyl adjacent to an activating group) is 1. The third kappa shape index (κ3) is 8.39. The minimum absolute atomic E-state index is 0.259. The smallest absolute Gasteiger partial charge is 0.305 e. The SMILES string of the molecule is CCCCN(C)CC(O)CCC(=O)OC. The molecular weight excluding hydrogens is 194 g/mol. The second-order valence-electron chi connectivity index (χ2n) is 3.88. The maximum absolute atomic E-state index is 10.8. The number of ether oxygens (including phenoxy) is 1. The lowest BCUT2D eigenvalue weighted by Gasteiger charge is -2.19. The molecule has 4 nitrogen and oxygen atoms in total. The molecular formula is C11H23NO3. The third-order valence-electron chi connectivity index (χ3n) is 2.33. The average molecular weight is 217 g/mol. The third-order valence-corrected chi connectivity index (χ3v) is 2.33. The molecule has 0 amide bonds.